The molecule has 1 N–H and O–H groups in total. The van der Waals surface area contributed by atoms with Crippen molar-refractivity contribution in [2.75, 3.05) is 18.4 Å². The van der Waals surface area contributed by atoms with Gasteiger partial charge in [0.05, 0.1) is 29.9 Å². The van der Waals surface area contributed by atoms with E-state index >= 15 is 0 Å². The third kappa shape index (κ3) is 6.52. The Morgan fingerprint density at radius 2 is 1.85 bits per heavy atom. The van der Waals surface area contributed by atoms with Crippen molar-refractivity contribution in [2.45, 2.75) is 39.0 Å². The van der Waals surface area contributed by atoms with E-state index in [0.29, 0.717) is 48.7 Å². The molecule has 0 radical (unpaired) electrons. The fourth-order valence-electron chi connectivity index (χ4n) is 4.24. The summed E-state index contributed by atoms with van der Waals surface area (Å²) in [4.78, 5) is 45.0. The summed E-state index contributed by atoms with van der Waals surface area (Å²) in [5, 5.41) is 3.12. The van der Waals surface area contributed by atoms with E-state index < -0.39 is 23.2 Å². The van der Waals surface area contributed by atoms with Gasteiger partial charge in [0.15, 0.2) is 0 Å². The number of amides is 1. The van der Waals surface area contributed by atoms with Crippen molar-refractivity contribution >= 4 is 24.3 Å². The first-order valence-corrected chi connectivity index (χ1v) is 12.0. The van der Waals surface area contributed by atoms with Crippen molar-refractivity contribution < 1.29 is 18.0 Å². The van der Waals surface area contributed by atoms with Gasteiger partial charge < -0.3 is 14.8 Å². The first-order chi connectivity index (χ1) is 18.1. The van der Waals surface area contributed by atoms with E-state index in [1.807, 2.05) is 0 Å². The number of pyridine rings is 1. The Balaban J connectivity index is 0.00000420. The summed E-state index contributed by atoms with van der Waals surface area (Å²) in [5.74, 6) is 5.46. The second-order valence-corrected chi connectivity index (χ2v) is 8.86. The molecule has 1 amide bonds. The Morgan fingerprint density at radius 3 is 2.51 bits per heavy atom. The molecule has 0 saturated carbocycles. The van der Waals surface area contributed by atoms with E-state index in [0.717, 1.165) is 12.1 Å². The topological polar surface area (TPSA) is 89.2 Å². The monoisotopic (exact) mass is 561 g/mol. The smallest absolute Gasteiger partial charge is 0.355 e. The van der Waals surface area contributed by atoms with Gasteiger partial charge in [-0.2, -0.15) is 13.2 Å². The van der Waals surface area contributed by atoms with Crippen LogP contribution in [-0.2, 0) is 39.2 Å². The standard InChI is InChI=1S/C27H26F3N5O3.ClH/c1-3-4-15-35-25(38)21-17-34(24(37)20-6-5-14-33(2)23(20)36)16-12-22(21)32-26(35)31-13-11-18-7-9-19(10-8-18)27(28,29)30;/h5-10,14H,11-13,15-17H2,1-2H3,(H,31,32);1H. The van der Waals surface area contributed by atoms with Gasteiger partial charge in [-0.15, -0.1) is 18.3 Å². The zero-order valence-electron chi connectivity index (χ0n) is 21.3. The lowest BCUT2D eigenvalue weighted by molar-refractivity contribution is -0.137. The molecule has 1 aromatic carbocycles. The molecular weight excluding hydrogens is 535 g/mol. The van der Waals surface area contributed by atoms with Crippen LogP contribution in [0, 0.1) is 11.8 Å². The zero-order chi connectivity index (χ0) is 27.4. The maximum Gasteiger partial charge on any atom is 0.416 e. The molecular formula is C27H27ClF3N5O3. The van der Waals surface area contributed by atoms with Crippen molar-refractivity contribution in [3.63, 3.8) is 0 Å². The molecule has 39 heavy (non-hydrogen) atoms. The number of hydrogen-bond donors (Lipinski definition) is 1. The lowest BCUT2D eigenvalue weighted by Gasteiger charge is -2.29. The Kier molecular flexibility index (Phi) is 9.24. The van der Waals surface area contributed by atoms with Crippen molar-refractivity contribution in [1.82, 2.24) is 19.0 Å². The highest BCUT2D eigenvalue weighted by Gasteiger charge is 2.30. The van der Waals surface area contributed by atoms with Gasteiger partial charge in [-0.25, -0.2) is 4.98 Å². The number of halogens is 4. The van der Waals surface area contributed by atoms with Crippen molar-refractivity contribution in [1.29, 1.82) is 0 Å². The van der Waals surface area contributed by atoms with Gasteiger partial charge in [0, 0.05) is 32.8 Å². The van der Waals surface area contributed by atoms with Gasteiger partial charge >= 0.3 is 6.18 Å². The fourth-order valence-corrected chi connectivity index (χ4v) is 4.24. The molecule has 0 spiro atoms. The van der Waals surface area contributed by atoms with E-state index in [2.05, 4.69) is 22.1 Å². The molecule has 3 heterocycles. The zero-order valence-corrected chi connectivity index (χ0v) is 22.2. The third-order valence-corrected chi connectivity index (χ3v) is 6.35. The van der Waals surface area contributed by atoms with Crippen LogP contribution in [0.25, 0.3) is 0 Å². The SMILES string of the molecule is CC#CCn1c(NCCc2ccc(C(F)(F)F)cc2)nc2c(c1=O)CN(C(=O)c1cccn(C)c1=O)CC2.Cl. The summed E-state index contributed by atoms with van der Waals surface area (Å²) in [6.07, 6.45) is -2.08. The summed E-state index contributed by atoms with van der Waals surface area (Å²) in [7, 11) is 1.56. The number of fused-ring (bicyclic) bond motifs is 1. The van der Waals surface area contributed by atoms with Crippen molar-refractivity contribution in [3.8, 4) is 11.8 Å². The normalized spacial score (nSPS) is 12.6. The number of carbonyl (C=O) groups excluding carboxylic acids is 1. The number of rotatable bonds is 6. The van der Waals surface area contributed by atoms with Crippen LogP contribution in [-0.4, -0.2) is 38.0 Å². The predicted molar refractivity (Wildman–Crippen MR) is 143 cm³/mol. The molecule has 0 bridgehead atoms. The first-order valence-electron chi connectivity index (χ1n) is 12.0. The lowest BCUT2D eigenvalue weighted by atomic mass is 10.1. The maximum atomic E-state index is 13.4. The molecule has 0 saturated heterocycles. The quantitative estimate of drug-likeness (QED) is 0.467. The van der Waals surface area contributed by atoms with E-state index in [-0.39, 0.29) is 36.6 Å². The average Bonchev–Trinajstić information content (AvgIpc) is 2.89. The minimum atomic E-state index is -4.39. The Bertz CT molecular complexity index is 1540. The van der Waals surface area contributed by atoms with Crippen molar-refractivity contribution in [2.24, 2.45) is 7.05 Å². The molecule has 4 rings (SSSR count). The molecule has 1 aliphatic rings. The van der Waals surface area contributed by atoms with Gasteiger partial charge in [-0.05, 0) is 43.2 Å². The molecule has 2 aromatic heterocycles. The number of anilines is 1. The lowest BCUT2D eigenvalue weighted by Crippen LogP contribution is -2.43. The van der Waals surface area contributed by atoms with Crippen LogP contribution in [0.1, 0.15) is 39.7 Å². The van der Waals surface area contributed by atoms with E-state index in [1.165, 1.54) is 32.2 Å². The fraction of sp³-hybridized carbons (Fsp3) is 0.333. The van der Waals surface area contributed by atoms with Crippen LogP contribution in [0.2, 0.25) is 0 Å². The number of nitrogens with one attached hydrogen (secondary N) is 1. The molecule has 0 atom stereocenters. The highest BCUT2D eigenvalue weighted by atomic mass is 35.5. The van der Waals surface area contributed by atoms with E-state index in [1.54, 1.807) is 26.2 Å². The average molecular weight is 562 g/mol. The van der Waals surface area contributed by atoms with Crippen LogP contribution in [0.4, 0.5) is 19.1 Å². The second kappa shape index (κ2) is 12.2. The van der Waals surface area contributed by atoms with Gasteiger partial charge in [-0.1, -0.05) is 18.1 Å². The van der Waals surface area contributed by atoms with Gasteiger partial charge in [0.2, 0.25) is 5.95 Å². The molecule has 0 fully saturated rings. The van der Waals surface area contributed by atoms with Gasteiger partial charge in [0.25, 0.3) is 17.0 Å². The number of alkyl halides is 3. The third-order valence-electron chi connectivity index (χ3n) is 6.35. The highest BCUT2D eigenvalue weighted by molar-refractivity contribution is 5.94. The summed E-state index contributed by atoms with van der Waals surface area (Å²) >= 11 is 0. The molecule has 1 aliphatic heterocycles. The van der Waals surface area contributed by atoms with Crippen molar-refractivity contribution in [3.05, 3.63) is 91.3 Å². The largest absolute Gasteiger partial charge is 0.416 e. The number of hydrogen-bond acceptors (Lipinski definition) is 5. The minimum Gasteiger partial charge on any atom is -0.355 e. The summed E-state index contributed by atoms with van der Waals surface area (Å²) in [5.41, 5.74) is 0.189. The maximum absolute atomic E-state index is 13.4. The molecule has 8 nitrogen and oxygen atoms in total. The molecule has 0 aliphatic carbocycles. The minimum absolute atomic E-state index is 0. The highest BCUT2D eigenvalue weighted by Crippen LogP contribution is 2.29. The number of nitrogens with zero attached hydrogens (tertiary/aromatic N) is 4. The second-order valence-electron chi connectivity index (χ2n) is 8.86. The Morgan fingerprint density at radius 1 is 1.13 bits per heavy atom. The van der Waals surface area contributed by atoms with Crippen LogP contribution in [0.3, 0.4) is 0 Å². The van der Waals surface area contributed by atoms with Crippen LogP contribution < -0.4 is 16.4 Å². The van der Waals surface area contributed by atoms with Crippen LogP contribution in [0.15, 0.2) is 52.2 Å². The molecule has 206 valence electrons. The Labute approximate surface area is 228 Å². The van der Waals surface area contributed by atoms with Gasteiger partial charge in [0.1, 0.15) is 5.56 Å². The number of benzene rings is 1. The first kappa shape index (κ1) is 29.5. The summed E-state index contributed by atoms with van der Waals surface area (Å²) in [6, 6.07) is 8.01. The van der Waals surface area contributed by atoms with Crippen LogP contribution in [0.5, 0.6) is 0 Å². The number of aryl methyl sites for hydroxylation is 1. The molecule has 12 heteroatoms. The Hall–Kier alpha value is -4.04. The predicted octanol–water partition coefficient (Wildman–Crippen LogP) is 3.26. The van der Waals surface area contributed by atoms with Crippen LogP contribution >= 0.6 is 12.4 Å². The van der Waals surface area contributed by atoms with E-state index in [4.69, 9.17) is 0 Å². The molecule has 3 aromatic rings. The number of aromatic nitrogens is 3. The summed E-state index contributed by atoms with van der Waals surface area (Å²) < 4.78 is 41.1. The number of carbonyl (C=O) groups is 1. The van der Waals surface area contributed by atoms with E-state index in [9.17, 15) is 27.6 Å². The van der Waals surface area contributed by atoms with Gasteiger partial charge in [-0.3, -0.25) is 19.0 Å². The summed E-state index contributed by atoms with van der Waals surface area (Å²) in [6.45, 7) is 2.36. The molecule has 0 unspecified atom stereocenters.